The van der Waals surface area contributed by atoms with Crippen LogP contribution in [0.3, 0.4) is 0 Å². The molecular weight excluding hydrogens is 392 g/mol. The minimum atomic E-state index is -3.38. The molecule has 8 heteroatoms. The number of anilines is 1. The van der Waals surface area contributed by atoms with Gasteiger partial charge in [-0.15, -0.1) is 0 Å². The van der Waals surface area contributed by atoms with Crippen LogP contribution in [0.4, 0.5) is 5.69 Å². The van der Waals surface area contributed by atoms with Crippen molar-refractivity contribution in [3.8, 4) is 11.5 Å². The standard InChI is InChI=1S/C21H26N2O5S/c1-13-10-14(6-8-17(13)23-29(5,25)26)20(24)22-18-12-21(2,3)28-19-9-7-15(27-4)11-16(18)19/h6-11,18,23H,12H2,1-5H3,(H,22,24). The highest BCUT2D eigenvalue weighted by molar-refractivity contribution is 7.92. The third-order valence-electron chi connectivity index (χ3n) is 4.76. The number of methoxy groups -OCH3 is 1. The second-order valence-corrected chi connectivity index (χ2v) is 9.65. The van der Waals surface area contributed by atoms with Crippen LogP contribution in [0.2, 0.25) is 0 Å². The molecule has 0 spiro atoms. The Morgan fingerprint density at radius 2 is 1.93 bits per heavy atom. The predicted octanol–water partition coefficient (Wildman–Crippen LogP) is 3.41. The zero-order valence-electron chi connectivity index (χ0n) is 17.2. The Hall–Kier alpha value is -2.74. The third kappa shape index (κ3) is 5.00. The van der Waals surface area contributed by atoms with E-state index in [1.54, 1.807) is 32.2 Å². The lowest BCUT2D eigenvalue weighted by molar-refractivity contribution is 0.0618. The van der Waals surface area contributed by atoms with Crippen LogP contribution in [0.25, 0.3) is 0 Å². The van der Waals surface area contributed by atoms with Crippen LogP contribution in [0, 0.1) is 6.92 Å². The minimum Gasteiger partial charge on any atom is -0.497 e. The molecular formula is C21H26N2O5S. The fourth-order valence-electron chi connectivity index (χ4n) is 3.45. The smallest absolute Gasteiger partial charge is 0.251 e. The molecule has 0 radical (unpaired) electrons. The van der Waals surface area contributed by atoms with E-state index in [0.29, 0.717) is 29.0 Å². The Morgan fingerprint density at radius 3 is 2.55 bits per heavy atom. The molecule has 1 unspecified atom stereocenters. The molecule has 2 aromatic carbocycles. The first-order chi connectivity index (χ1) is 13.5. The van der Waals surface area contributed by atoms with Crippen LogP contribution < -0.4 is 19.5 Å². The number of ether oxygens (including phenoxy) is 2. The molecule has 1 aliphatic rings. The number of hydrogen-bond acceptors (Lipinski definition) is 5. The van der Waals surface area contributed by atoms with Crippen molar-refractivity contribution in [1.82, 2.24) is 5.32 Å². The molecule has 0 fully saturated rings. The van der Waals surface area contributed by atoms with Crippen molar-refractivity contribution in [3.63, 3.8) is 0 Å². The second-order valence-electron chi connectivity index (χ2n) is 7.90. The summed E-state index contributed by atoms with van der Waals surface area (Å²) in [6.07, 6.45) is 1.69. The molecule has 7 nitrogen and oxygen atoms in total. The number of carbonyl (C=O) groups is 1. The zero-order chi connectivity index (χ0) is 21.4. The van der Waals surface area contributed by atoms with Crippen molar-refractivity contribution in [2.24, 2.45) is 0 Å². The summed E-state index contributed by atoms with van der Waals surface area (Å²) in [7, 11) is -1.79. The van der Waals surface area contributed by atoms with E-state index in [1.807, 2.05) is 32.0 Å². The average molecular weight is 419 g/mol. The lowest BCUT2D eigenvalue weighted by atomic mass is 9.89. The lowest BCUT2D eigenvalue weighted by Crippen LogP contribution is -2.41. The molecule has 1 aliphatic heterocycles. The predicted molar refractivity (Wildman–Crippen MR) is 112 cm³/mol. The van der Waals surface area contributed by atoms with E-state index in [0.717, 1.165) is 17.6 Å². The van der Waals surface area contributed by atoms with Gasteiger partial charge < -0.3 is 14.8 Å². The van der Waals surface area contributed by atoms with Crippen molar-refractivity contribution in [2.75, 3.05) is 18.1 Å². The van der Waals surface area contributed by atoms with E-state index in [2.05, 4.69) is 10.0 Å². The maximum atomic E-state index is 12.9. The summed E-state index contributed by atoms with van der Waals surface area (Å²) < 4.78 is 36.7. The zero-order valence-corrected chi connectivity index (χ0v) is 18.0. The van der Waals surface area contributed by atoms with Gasteiger partial charge in [-0.25, -0.2) is 8.42 Å². The van der Waals surface area contributed by atoms with Gasteiger partial charge in [0.15, 0.2) is 0 Å². The van der Waals surface area contributed by atoms with E-state index in [9.17, 15) is 13.2 Å². The molecule has 0 aliphatic carbocycles. The molecule has 2 aromatic rings. The SMILES string of the molecule is COc1ccc2c(c1)C(NC(=O)c1ccc(NS(C)(=O)=O)c(C)c1)CC(C)(C)O2. The van der Waals surface area contributed by atoms with Crippen LogP contribution >= 0.6 is 0 Å². The molecule has 0 saturated carbocycles. The highest BCUT2D eigenvalue weighted by atomic mass is 32.2. The molecule has 1 amide bonds. The van der Waals surface area contributed by atoms with Gasteiger partial charge in [-0.2, -0.15) is 0 Å². The molecule has 0 aromatic heterocycles. The Labute approximate surface area is 171 Å². The minimum absolute atomic E-state index is 0.240. The van der Waals surface area contributed by atoms with Crippen molar-refractivity contribution in [1.29, 1.82) is 0 Å². The largest absolute Gasteiger partial charge is 0.497 e. The first kappa shape index (κ1) is 21.0. The number of benzene rings is 2. The van der Waals surface area contributed by atoms with Crippen molar-refractivity contribution >= 4 is 21.6 Å². The summed E-state index contributed by atoms with van der Waals surface area (Å²) in [5, 5.41) is 3.08. The van der Waals surface area contributed by atoms with Gasteiger partial charge in [0.2, 0.25) is 10.0 Å². The molecule has 3 rings (SSSR count). The molecule has 29 heavy (non-hydrogen) atoms. The Morgan fingerprint density at radius 1 is 1.21 bits per heavy atom. The second kappa shape index (κ2) is 7.59. The van der Waals surface area contributed by atoms with Gasteiger partial charge in [0.25, 0.3) is 5.91 Å². The van der Waals surface area contributed by atoms with Crippen molar-refractivity contribution in [3.05, 3.63) is 53.1 Å². The maximum absolute atomic E-state index is 12.9. The summed E-state index contributed by atoms with van der Waals surface area (Å²) in [6, 6.07) is 10.2. The maximum Gasteiger partial charge on any atom is 0.251 e. The monoisotopic (exact) mass is 418 g/mol. The van der Waals surface area contributed by atoms with E-state index in [-0.39, 0.29) is 11.9 Å². The first-order valence-electron chi connectivity index (χ1n) is 9.24. The Bertz CT molecular complexity index is 1050. The van der Waals surface area contributed by atoms with Gasteiger partial charge in [0, 0.05) is 17.5 Å². The summed E-state index contributed by atoms with van der Waals surface area (Å²) in [6.45, 7) is 5.71. The van der Waals surface area contributed by atoms with Gasteiger partial charge >= 0.3 is 0 Å². The van der Waals surface area contributed by atoms with Gasteiger partial charge in [0.1, 0.15) is 17.1 Å². The number of sulfonamides is 1. The fourth-order valence-corrected chi connectivity index (χ4v) is 4.08. The highest BCUT2D eigenvalue weighted by Crippen LogP contribution is 2.41. The van der Waals surface area contributed by atoms with Crippen LogP contribution in [0.15, 0.2) is 36.4 Å². The molecule has 1 atom stereocenters. The number of fused-ring (bicyclic) bond motifs is 1. The van der Waals surface area contributed by atoms with E-state index in [4.69, 9.17) is 9.47 Å². The number of nitrogens with one attached hydrogen (secondary N) is 2. The first-order valence-corrected chi connectivity index (χ1v) is 11.1. The summed E-state index contributed by atoms with van der Waals surface area (Å²) in [5.41, 5.74) is 2.00. The number of aryl methyl sites for hydroxylation is 1. The summed E-state index contributed by atoms with van der Waals surface area (Å²) in [4.78, 5) is 12.9. The quantitative estimate of drug-likeness (QED) is 0.776. The van der Waals surface area contributed by atoms with Crippen LogP contribution in [-0.4, -0.2) is 33.3 Å². The van der Waals surface area contributed by atoms with Crippen LogP contribution in [-0.2, 0) is 10.0 Å². The summed E-state index contributed by atoms with van der Waals surface area (Å²) in [5.74, 6) is 1.17. The fraction of sp³-hybridized carbons (Fsp3) is 0.381. The molecule has 156 valence electrons. The molecule has 0 saturated heterocycles. The van der Waals surface area contributed by atoms with E-state index in [1.165, 1.54) is 0 Å². The van der Waals surface area contributed by atoms with Gasteiger partial charge in [-0.05, 0) is 62.7 Å². The number of rotatable bonds is 5. The average Bonchev–Trinajstić information content (AvgIpc) is 2.61. The van der Waals surface area contributed by atoms with Gasteiger partial charge in [0.05, 0.1) is 25.1 Å². The van der Waals surface area contributed by atoms with Gasteiger partial charge in [-0.1, -0.05) is 0 Å². The lowest BCUT2D eigenvalue weighted by Gasteiger charge is -2.38. The number of amides is 1. The molecule has 0 bridgehead atoms. The van der Waals surface area contributed by atoms with Crippen molar-refractivity contribution < 1.29 is 22.7 Å². The Balaban J connectivity index is 1.86. The van der Waals surface area contributed by atoms with Crippen molar-refractivity contribution in [2.45, 2.75) is 38.8 Å². The van der Waals surface area contributed by atoms with E-state index < -0.39 is 15.6 Å². The topological polar surface area (TPSA) is 93.7 Å². The molecule has 2 N–H and O–H groups in total. The third-order valence-corrected chi connectivity index (χ3v) is 5.35. The number of hydrogen-bond donors (Lipinski definition) is 2. The Kier molecular flexibility index (Phi) is 5.49. The molecule has 1 heterocycles. The number of carbonyl (C=O) groups excluding carboxylic acids is 1. The summed E-state index contributed by atoms with van der Waals surface area (Å²) >= 11 is 0. The van der Waals surface area contributed by atoms with Crippen LogP contribution in [0.5, 0.6) is 11.5 Å². The van der Waals surface area contributed by atoms with Gasteiger partial charge in [-0.3, -0.25) is 9.52 Å². The highest BCUT2D eigenvalue weighted by Gasteiger charge is 2.35. The normalized spacial score (nSPS) is 17.6. The van der Waals surface area contributed by atoms with Crippen LogP contribution in [0.1, 0.15) is 47.8 Å². The van der Waals surface area contributed by atoms with E-state index >= 15 is 0 Å².